The molecule has 0 N–H and O–H groups in total. The number of fused-ring (bicyclic) bond motifs is 6. The Morgan fingerprint density at radius 2 is 1.25 bits per heavy atom. The number of rotatable bonds is 3. The van der Waals surface area contributed by atoms with Crippen molar-refractivity contribution in [2.75, 3.05) is 14.2 Å². The summed E-state index contributed by atoms with van der Waals surface area (Å²) >= 11 is 0. The van der Waals surface area contributed by atoms with Gasteiger partial charge in [0.1, 0.15) is 0 Å². The molecule has 0 saturated carbocycles. The maximum atomic E-state index is 6.80. The summed E-state index contributed by atoms with van der Waals surface area (Å²) in [5, 5.41) is 14.5. The summed E-state index contributed by atoms with van der Waals surface area (Å²) in [5.74, 6) is -0.842. The normalized spacial score (nSPS) is 19.3. The number of hydrogen-bond acceptors (Lipinski definition) is 3. The first-order valence-electron chi connectivity index (χ1n) is 12.7. The van der Waals surface area contributed by atoms with Crippen molar-refractivity contribution >= 4 is 85.2 Å². The molecule has 1 heterocycles. The van der Waals surface area contributed by atoms with E-state index in [1.807, 2.05) is 0 Å². The van der Waals surface area contributed by atoms with E-state index in [2.05, 4.69) is 91.0 Å². The number of hydrogen-bond donors (Lipinski definition) is 0. The highest BCUT2D eigenvalue weighted by atomic mass is 29.5. The standard InChI is InChI=1S/C30H28O3Si3/c1-31-30(32-2)18-34-35-36(33-30)29-25-10-6-5-9-21(25)16-28-26(29)12-11-22-15-23-13-19-7-3-4-8-20(19)14-24(23)17-27(22)28/h3-17,36H,18,34-35H2,1-2H3. The second kappa shape index (κ2) is 8.62. The third-order valence-electron chi connectivity index (χ3n) is 7.94. The molecule has 6 aromatic carbocycles. The average Bonchev–Trinajstić information content (AvgIpc) is 2.93. The molecule has 0 aromatic heterocycles. The van der Waals surface area contributed by atoms with Crippen LogP contribution in [0.3, 0.4) is 0 Å². The summed E-state index contributed by atoms with van der Waals surface area (Å²) in [5.41, 5.74) is 0. The molecule has 36 heavy (non-hydrogen) atoms. The molecule has 0 spiro atoms. The summed E-state index contributed by atoms with van der Waals surface area (Å²) < 4.78 is 18.4. The van der Waals surface area contributed by atoms with Gasteiger partial charge in [0.05, 0.1) is 0 Å². The number of benzene rings is 6. The minimum Gasteiger partial charge on any atom is -0.371 e. The number of ether oxygens (including phenoxy) is 2. The van der Waals surface area contributed by atoms with Crippen molar-refractivity contribution in [1.82, 2.24) is 0 Å². The zero-order valence-electron chi connectivity index (χ0n) is 20.6. The smallest absolute Gasteiger partial charge is 0.269 e. The lowest BCUT2D eigenvalue weighted by molar-refractivity contribution is -0.311. The fourth-order valence-corrected chi connectivity index (χ4v) is 25.5. The van der Waals surface area contributed by atoms with Gasteiger partial charge in [-0.3, -0.25) is 0 Å². The lowest BCUT2D eigenvalue weighted by Gasteiger charge is -2.38. The third kappa shape index (κ3) is 3.48. The van der Waals surface area contributed by atoms with E-state index >= 15 is 0 Å². The Hall–Kier alpha value is -2.85. The van der Waals surface area contributed by atoms with Crippen LogP contribution in [0.15, 0.2) is 91.0 Å². The van der Waals surface area contributed by atoms with Crippen LogP contribution in [0.5, 0.6) is 0 Å². The van der Waals surface area contributed by atoms with Gasteiger partial charge in [0.25, 0.3) is 5.97 Å². The Morgan fingerprint density at radius 1 is 0.639 bits per heavy atom. The van der Waals surface area contributed by atoms with Crippen LogP contribution in [-0.4, -0.2) is 46.3 Å². The minimum atomic E-state index is -1.66. The van der Waals surface area contributed by atoms with Gasteiger partial charge in [-0.1, -0.05) is 60.7 Å². The molecule has 7 rings (SSSR count). The summed E-state index contributed by atoms with van der Waals surface area (Å²) in [6.07, 6.45) is 0. The molecule has 0 bridgehead atoms. The molecule has 0 aliphatic carbocycles. The van der Waals surface area contributed by atoms with E-state index in [9.17, 15) is 0 Å². The maximum absolute atomic E-state index is 6.80. The van der Waals surface area contributed by atoms with Crippen molar-refractivity contribution in [3.63, 3.8) is 0 Å². The topological polar surface area (TPSA) is 27.7 Å². The molecule has 178 valence electrons. The van der Waals surface area contributed by atoms with Crippen molar-refractivity contribution in [1.29, 1.82) is 0 Å². The highest BCUT2D eigenvalue weighted by Gasteiger charge is 2.40. The molecule has 1 atom stereocenters. The molecule has 0 amide bonds. The summed E-state index contributed by atoms with van der Waals surface area (Å²) in [7, 11) is 1.33. The largest absolute Gasteiger partial charge is 0.371 e. The van der Waals surface area contributed by atoms with Gasteiger partial charge in [-0.25, -0.2) is 0 Å². The summed E-state index contributed by atoms with van der Waals surface area (Å²) in [4.78, 5) is 0. The lowest BCUT2D eigenvalue weighted by atomic mass is 9.95. The molecule has 3 nitrogen and oxygen atoms in total. The van der Waals surface area contributed by atoms with E-state index in [-0.39, 0.29) is 17.6 Å². The van der Waals surface area contributed by atoms with Crippen LogP contribution < -0.4 is 5.19 Å². The van der Waals surface area contributed by atoms with Crippen LogP contribution in [0.2, 0.25) is 6.04 Å². The molecular formula is C30H28O3Si3. The lowest BCUT2D eigenvalue weighted by Crippen LogP contribution is -2.57. The maximum Gasteiger partial charge on any atom is 0.269 e. The molecular weight excluding hydrogens is 493 g/mol. The molecule has 1 aliphatic rings. The van der Waals surface area contributed by atoms with Crippen LogP contribution in [0.1, 0.15) is 0 Å². The molecule has 6 heteroatoms. The number of methoxy groups -OCH3 is 2. The molecule has 6 aromatic rings. The van der Waals surface area contributed by atoms with Gasteiger partial charge in [-0.15, -0.1) is 0 Å². The van der Waals surface area contributed by atoms with Gasteiger partial charge < -0.3 is 13.9 Å². The first-order valence-corrected chi connectivity index (χ1v) is 22.0. The molecule has 1 unspecified atom stereocenters. The van der Waals surface area contributed by atoms with Crippen LogP contribution >= 0.6 is 0 Å². The first kappa shape index (κ1) is 22.4. The van der Waals surface area contributed by atoms with Crippen LogP contribution in [0, 0.1) is 0 Å². The third-order valence-corrected chi connectivity index (χ3v) is 25.7. The second-order valence-electron chi connectivity index (χ2n) is 9.88. The molecule has 0 radical (unpaired) electrons. The predicted molar refractivity (Wildman–Crippen MR) is 160 cm³/mol. The van der Waals surface area contributed by atoms with Crippen molar-refractivity contribution in [3.8, 4) is 0 Å². The predicted octanol–water partition coefficient (Wildman–Crippen LogP) is 4.53. The van der Waals surface area contributed by atoms with Crippen molar-refractivity contribution in [3.05, 3.63) is 91.0 Å². The van der Waals surface area contributed by atoms with Crippen LogP contribution in [0.4, 0.5) is 0 Å². The SMILES string of the molecule is COC1(OC)C[SiH2][SiH2][SiH](c2c3ccccc3cc3c2ccc2cc4cc5ccccc5cc4cc23)O1. The Morgan fingerprint density at radius 3 is 2.00 bits per heavy atom. The van der Waals surface area contributed by atoms with Gasteiger partial charge in [0.2, 0.25) is 0 Å². The second-order valence-corrected chi connectivity index (χ2v) is 24.7. The molecule has 1 fully saturated rings. The Balaban J connectivity index is 1.53. The Labute approximate surface area is 215 Å². The van der Waals surface area contributed by atoms with Crippen molar-refractivity contribution in [2.45, 2.75) is 12.0 Å². The van der Waals surface area contributed by atoms with Gasteiger partial charge in [0.15, 0.2) is 8.56 Å². The quantitative estimate of drug-likeness (QED) is 0.149. The van der Waals surface area contributed by atoms with Crippen molar-refractivity contribution < 1.29 is 13.9 Å². The van der Waals surface area contributed by atoms with Gasteiger partial charge in [-0.05, 0) is 89.4 Å². The molecule has 1 aliphatic heterocycles. The zero-order chi connectivity index (χ0) is 24.3. The van der Waals surface area contributed by atoms with E-state index in [0.717, 1.165) is 6.04 Å². The highest BCUT2D eigenvalue weighted by molar-refractivity contribution is 7.38. The average molecular weight is 521 g/mol. The summed E-state index contributed by atoms with van der Waals surface area (Å²) in [6, 6.07) is 34.8. The summed E-state index contributed by atoms with van der Waals surface area (Å²) in [6.45, 7) is 0. The van der Waals surface area contributed by atoms with Crippen molar-refractivity contribution in [2.24, 2.45) is 0 Å². The van der Waals surface area contributed by atoms with Crippen LogP contribution in [-0.2, 0) is 13.9 Å². The van der Waals surface area contributed by atoms with Gasteiger partial charge in [-0.2, -0.15) is 0 Å². The monoisotopic (exact) mass is 520 g/mol. The van der Waals surface area contributed by atoms with E-state index in [1.165, 1.54) is 59.0 Å². The van der Waals surface area contributed by atoms with E-state index < -0.39 is 14.5 Å². The fraction of sp³-hybridized carbons (Fsp3) is 0.133. The minimum absolute atomic E-state index is 0.205. The highest BCUT2D eigenvalue weighted by Crippen LogP contribution is 2.34. The Bertz CT molecular complexity index is 1800. The zero-order valence-corrected chi connectivity index (χ0v) is 24.6. The van der Waals surface area contributed by atoms with E-state index in [0.29, 0.717) is 0 Å². The van der Waals surface area contributed by atoms with Crippen LogP contribution in [0.25, 0.3) is 53.9 Å². The first-order chi connectivity index (χ1) is 17.7. The molecule has 1 saturated heterocycles. The fourth-order valence-electron chi connectivity index (χ4n) is 6.12. The van der Waals surface area contributed by atoms with Gasteiger partial charge in [0, 0.05) is 37.9 Å². The van der Waals surface area contributed by atoms with E-state index in [4.69, 9.17) is 13.9 Å². The van der Waals surface area contributed by atoms with Gasteiger partial charge >= 0.3 is 0 Å². The van der Waals surface area contributed by atoms with E-state index in [1.54, 1.807) is 14.2 Å². The Kier molecular flexibility index (Phi) is 5.35.